The monoisotopic (exact) mass is 239 g/mol. The van der Waals surface area contributed by atoms with E-state index in [-0.39, 0.29) is 12.6 Å². The third kappa shape index (κ3) is 9.98. The molecule has 16 heavy (non-hydrogen) atoms. The van der Waals surface area contributed by atoms with Gasteiger partial charge >= 0.3 is 6.18 Å². The van der Waals surface area contributed by atoms with Gasteiger partial charge in [-0.1, -0.05) is 18.6 Å². The quantitative estimate of drug-likeness (QED) is 0.545. The summed E-state index contributed by atoms with van der Waals surface area (Å²) in [4.78, 5) is 0. The molecule has 0 radical (unpaired) electrons. The summed E-state index contributed by atoms with van der Waals surface area (Å²) in [7, 11) is 0. The molecule has 0 heterocycles. The molecule has 0 bridgehead atoms. The Morgan fingerprint density at radius 1 is 1.38 bits per heavy atom. The minimum absolute atomic E-state index is 0.0863. The average molecular weight is 239 g/mol. The van der Waals surface area contributed by atoms with Crippen LogP contribution in [0, 0.1) is 0 Å². The van der Waals surface area contributed by atoms with Gasteiger partial charge in [-0.25, -0.2) is 0 Å². The number of halogens is 3. The van der Waals surface area contributed by atoms with Gasteiger partial charge in [0.1, 0.15) is 6.61 Å². The Hall–Kier alpha value is -0.550. The summed E-state index contributed by atoms with van der Waals surface area (Å²) < 4.78 is 39.9. The molecule has 2 nitrogen and oxygen atoms in total. The van der Waals surface area contributed by atoms with Crippen molar-refractivity contribution in [2.45, 2.75) is 39.4 Å². The van der Waals surface area contributed by atoms with Crippen LogP contribution in [0.5, 0.6) is 0 Å². The van der Waals surface area contributed by atoms with Crippen molar-refractivity contribution in [1.29, 1.82) is 0 Å². The van der Waals surface area contributed by atoms with Crippen LogP contribution in [-0.4, -0.2) is 32.0 Å². The highest BCUT2D eigenvalue weighted by Gasteiger charge is 2.27. The van der Waals surface area contributed by atoms with Gasteiger partial charge in [0.25, 0.3) is 0 Å². The van der Waals surface area contributed by atoms with Crippen molar-refractivity contribution in [3.63, 3.8) is 0 Å². The third-order valence-electron chi connectivity index (χ3n) is 1.84. The molecule has 0 aromatic rings. The van der Waals surface area contributed by atoms with Crippen molar-refractivity contribution in [2.24, 2.45) is 0 Å². The molecule has 0 aliphatic carbocycles. The maximum atomic E-state index is 11.8. The molecule has 0 saturated heterocycles. The Bertz CT molecular complexity index is 210. The first-order valence-electron chi connectivity index (χ1n) is 5.38. The van der Waals surface area contributed by atoms with Crippen molar-refractivity contribution in [3.05, 3.63) is 11.6 Å². The largest absolute Gasteiger partial charge is 0.411 e. The standard InChI is InChI=1S/C11H20F3NO/c1-4-15-10(7-9(2)3)5-6-16-8-11(12,13)14/h7,10,15H,4-6,8H2,1-3H3. The first-order valence-corrected chi connectivity index (χ1v) is 5.38. The Kier molecular flexibility index (Phi) is 7.42. The molecule has 0 aliphatic heterocycles. The zero-order valence-corrected chi connectivity index (χ0v) is 10.0. The number of hydrogen-bond acceptors (Lipinski definition) is 2. The zero-order valence-electron chi connectivity index (χ0n) is 10.0. The fourth-order valence-electron chi connectivity index (χ4n) is 1.31. The van der Waals surface area contributed by atoms with Gasteiger partial charge in [-0.2, -0.15) is 13.2 Å². The Balaban J connectivity index is 3.81. The van der Waals surface area contributed by atoms with Crippen LogP contribution < -0.4 is 5.32 Å². The topological polar surface area (TPSA) is 21.3 Å². The molecule has 1 unspecified atom stereocenters. The van der Waals surface area contributed by atoms with Crippen LogP contribution in [0.1, 0.15) is 27.2 Å². The van der Waals surface area contributed by atoms with Crippen LogP contribution in [0.25, 0.3) is 0 Å². The maximum Gasteiger partial charge on any atom is 0.411 e. The molecule has 1 N–H and O–H groups in total. The van der Waals surface area contributed by atoms with Crippen molar-refractivity contribution < 1.29 is 17.9 Å². The van der Waals surface area contributed by atoms with E-state index >= 15 is 0 Å². The summed E-state index contributed by atoms with van der Waals surface area (Å²) in [5.74, 6) is 0. The number of ether oxygens (including phenoxy) is 1. The van der Waals surface area contributed by atoms with E-state index in [0.717, 1.165) is 12.1 Å². The lowest BCUT2D eigenvalue weighted by atomic mass is 10.1. The first-order chi connectivity index (χ1) is 7.35. The number of likely N-dealkylation sites (N-methyl/N-ethyl adjacent to an activating group) is 1. The Labute approximate surface area is 94.9 Å². The SMILES string of the molecule is CCNC(C=C(C)C)CCOCC(F)(F)F. The summed E-state index contributed by atoms with van der Waals surface area (Å²) in [6, 6.07) is 0.0863. The highest BCUT2D eigenvalue weighted by atomic mass is 19.4. The maximum absolute atomic E-state index is 11.8. The molecule has 96 valence electrons. The van der Waals surface area contributed by atoms with Crippen molar-refractivity contribution in [3.8, 4) is 0 Å². The van der Waals surface area contributed by atoms with Crippen LogP contribution in [0.15, 0.2) is 11.6 Å². The first kappa shape index (κ1) is 15.4. The number of rotatable bonds is 7. The summed E-state index contributed by atoms with van der Waals surface area (Å²) in [6.45, 7) is 5.61. The summed E-state index contributed by atoms with van der Waals surface area (Å²) >= 11 is 0. The van der Waals surface area contributed by atoms with Crippen LogP contribution in [0.4, 0.5) is 13.2 Å². The lowest BCUT2D eigenvalue weighted by Gasteiger charge is -2.15. The lowest BCUT2D eigenvalue weighted by molar-refractivity contribution is -0.174. The van der Waals surface area contributed by atoms with Crippen LogP contribution >= 0.6 is 0 Å². The molecule has 0 aromatic heterocycles. The van der Waals surface area contributed by atoms with Crippen LogP contribution in [0.2, 0.25) is 0 Å². The second-order valence-corrected chi connectivity index (χ2v) is 3.86. The van der Waals surface area contributed by atoms with E-state index in [9.17, 15) is 13.2 Å². The van der Waals surface area contributed by atoms with E-state index in [4.69, 9.17) is 0 Å². The predicted octanol–water partition coefficient (Wildman–Crippen LogP) is 2.90. The van der Waals surface area contributed by atoms with Gasteiger partial charge in [-0.3, -0.25) is 0 Å². The van der Waals surface area contributed by atoms with E-state index in [1.165, 1.54) is 0 Å². The van der Waals surface area contributed by atoms with Crippen LogP contribution in [0.3, 0.4) is 0 Å². The molecule has 0 aromatic carbocycles. The number of nitrogens with one attached hydrogen (secondary N) is 1. The van der Waals surface area contributed by atoms with Gasteiger partial charge < -0.3 is 10.1 Å². The lowest BCUT2D eigenvalue weighted by Crippen LogP contribution is -2.29. The van der Waals surface area contributed by atoms with E-state index in [1.807, 2.05) is 26.8 Å². The summed E-state index contributed by atoms with van der Waals surface area (Å²) in [6.07, 6.45) is -1.68. The van der Waals surface area contributed by atoms with E-state index < -0.39 is 12.8 Å². The Morgan fingerprint density at radius 3 is 2.44 bits per heavy atom. The molecule has 1 atom stereocenters. The minimum atomic E-state index is -4.23. The van der Waals surface area contributed by atoms with Crippen molar-refractivity contribution >= 4 is 0 Å². The fraction of sp³-hybridized carbons (Fsp3) is 0.818. The molecule has 0 spiro atoms. The summed E-state index contributed by atoms with van der Waals surface area (Å²) in [5.41, 5.74) is 1.14. The van der Waals surface area contributed by atoms with Gasteiger partial charge in [0.05, 0.1) is 0 Å². The second-order valence-electron chi connectivity index (χ2n) is 3.86. The van der Waals surface area contributed by atoms with E-state index in [1.54, 1.807) is 0 Å². The molecule has 5 heteroatoms. The number of alkyl halides is 3. The van der Waals surface area contributed by atoms with Gasteiger partial charge in [-0.05, 0) is 26.8 Å². The smallest absolute Gasteiger partial charge is 0.372 e. The highest BCUT2D eigenvalue weighted by molar-refractivity contribution is 5.00. The van der Waals surface area contributed by atoms with Gasteiger partial charge in [0.2, 0.25) is 0 Å². The molecule has 0 rings (SSSR count). The molecule has 0 amide bonds. The van der Waals surface area contributed by atoms with Crippen molar-refractivity contribution in [2.75, 3.05) is 19.8 Å². The second kappa shape index (κ2) is 7.68. The minimum Gasteiger partial charge on any atom is -0.372 e. The molecule has 0 aliphatic rings. The van der Waals surface area contributed by atoms with Gasteiger partial charge in [0, 0.05) is 12.6 Å². The highest BCUT2D eigenvalue weighted by Crippen LogP contribution is 2.14. The average Bonchev–Trinajstić information content (AvgIpc) is 2.10. The van der Waals surface area contributed by atoms with Crippen molar-refractivity contribution in [1.82, 2.24) is 5.32 Å². The Morgan fingerprint density at radius 2 is 2.00 bits per heavy atom. The van der Waals surface area contributed by atoms with E-state index in [0.29, 0.717) is 6.42 Å². The predicted molar refractivity (Wildman–Crippen MR) is 58.4 cm³/mol. The zero-order chi connectivity index (χ0) is 12.6. The fourth-order valence-corrected chi connectivity index (χ4v) is 1.31. The van der Waals surface area contributed by atoms with Crippen LogP contribution in [-0.2, 0) is 4.74 Å². The number of hydrogen-bond donors (Lipinski definition) is 1. The molecular formula is C11H20F3NO. The van der Waals surface area contributed by atoms with Gasteiger partial charge in [0.15, 0.2) is 0 Å². The summed E-state index contributed by atoms with van der Waals surface area (Å²) in [5, 5.41) is 3.17. The third-order valence-corrected chi connectivity index (χ3v) is 1.84. The van der Waals surface area contributed by atoms with E-state index in [2.05, 4.69) is 10.1 Å². The van der Waals surface area contributed by atoms with Gasteiger partial charge in [-0.15, -0.1) is 0 Å². The normalized spacial score (nSPS) is 13.6. The molecule has 0 fully saturated rings. The number of allylic oxidation sites excluding steroid dienone is 1. The molecule has 0 saturated carbocycles. The molecular weight excluding hydrogens is 219 g/mol.